The van der Waals surface area contributed by atoms with E-state index in [2.05, 4.69) is 31.3 Å². The number of carbonyl (C=O) groups is 1. The molecule has 1 unspecified atom stereocenters. The van der Waals surface area contributed by atoms with Gasteiger partial charge >= 0.3 is 5.97 Å². The molecule has 0 aromatic carbocycles. The van der Waals surface area contributed by atoms with Crippen molar-refractivity contribution in [2.24, 2.45) is 11.8 Å². The van der Waals surface area contributed by atoms with Crippen LogP contribution >= 0.6 is 0 Å². The summed E-state index contributed by atoms with van der Waals surface area (Å²) in [6.45, 7) is 7.40. The van der Waals surface area contributed by atoms with Crippen molar-refractivity contribution < 1.29 is 14.3 Å². The van der Waals surface area contributed by atoms with Crippen molar-refractivity contribution in [1.82, 2.24) is 5.32 Å². The van der Waals surface area contributed by atoms with Gasteiger partial charge in [0.1, 0.15) is 5.70 Å². The lowest BCUT2D eigenvalue weighted by atomic mass is 9.78. The summed E-state index contributed by atoms with van der Waals surface area (Å²) < 4.78 is 10.9. The van der Waals surface area contributed by atoms with Gasteiger partial charge in [0.05, 0.1) is 12.2 Å². The second-order valence-corrected chi connectivity index (χ2v) is 6.90. The molecule has 1 saturated heterocycles. The number of carbonyl (C=O) groups excluding carboxylic acids is 1. The summed E-state index contributed by atoms with van der Waals surface area (Å²) in [6, 6.07) is 0. The number of hydrogen-bond acceptors (Lipinski definition) is 4. The Morgan fingerprint density at radius 3 is 3.00 bits per heavy atom. The van der Waals surface area contributed by atoms with Gasteiger partial charge in [-0.3, -0.25) is 0 Å². The Labute approximate surface area is 132 Å². The Morgan fingerprint density at radius 1 is 1.45 bits per heavy atom. The van der Waals surface area contributed by atoms with E-state index in [9.17, 15) is 4.79 Å². The molecule has 0 saturated carbocycles. The topological polar surface area (TPSA) is 47.6 Å². The van der Waals surface area contributed by atoms with Crippen molar-refractivity contribution >= 4 is 5.97 Å². The molecule has 0 bridgehead atoms. The predicted molar refractivity (Wildman–Crippen MR) is 84.9 cm³/mol. The Hall–Kier alpha value is -1.55. The third-order valence-corrected chi connectivity index (χ3v) is 4.70. The maximum absolute atomic E-state index is 11.8. The van der Waals surface area contributed by atoms with Gasteiger partial charge in [-0.1, -0.05) is 11.6 Å². The van der Waals surface area contributed by atoms with E-state index in [0.717, 1.165) is 31.6 Å². The van der Waals surface area contributed by atoms with Gasteiger partial charge in [0.2, 0.25) is 0 Å². The molecule has 4 nitrogen and oxygen atoms in total. The van der Waals surface area contributed by atoms with E-state index in [-0.39, 0.29) is 17.5 Å². The van der Waals surface area contributed by atoms with Crippen molar-refractivity contribution in [3.63, 3.8) is 0 Å². The fourth-order valence-electron chi connectivity index (χ4n) is 3.61. The summed E-state index contributed by atoms with van der Waals surface area (Å²) in [6.07, 6.45) is 9.51. The molecule has 1 aliphatic carbocycles. The standard InChI is InChI=1S/C18H25NO3/c1-4-21-17(20)16-10-14-9-12(5-6-15(14)19-16)13-7-8-22-18(2,3)11-13/h5-6,10,13-14,19H,4,7-9,11H2,1-3H3/t13-,14?/m0/s1. The molecule has 2 atom stereocenters. The SMILES string of the molecule is CCOC(=O)C1=CC2CC([C@H]3CCOC(C)(C)C3)=CC=C2N1. The molecule has 0 radical (unpaired) electrons. The van der Waals surface area contributed by atoms with Crippen LogP contribution < -0.4 is 5.32 Å². The van der Waals surface area contributed by atoms with Crippen LogP contribution in [0.1, 0.15) is 40.0 Å². The maximum Gasteiger partial charge on any atom is 0.354 e. The molecule has 0 amide bonds. The van der Waals surface area contributed by atoms with Gasteiger partial charge in [-0.25, -0.2) is 4.79 Å². The van der Waals surface area contributed by atoms with Crippen molar-refractivity contribution in [2.45, 2.75) is 45.6 Å². The first-order chi connectivity index (χ1) is 10.5. The molecule has 0 spiro atoms. The summed E-state index contributed by atoms with van der Waals surface area (Å²) in [4.78, 5) is 11.8. The molecule has 120 valence electrons. The third kappa shape index (κ3) is 3.12. The van der Waals surface area contributed by atoms with Crippen LogP contribution in [-0.2, 0) is 14.3 Å². The van der Waals surface area contributed by atoms with E-state index in [1.807, 2.05) is 13.0 Å². The van der Waals surface area contributed by atoms with Crippen LogP contribution in [-0.4, -0.2) is 24.8 Å². The van der Waals surface area contributed by atoms with E-state index < -0.39 is 0 Å². The number of esters is 1. The molecular formula is C18H25NO3. The first-order valence-corrected chi connectivity index (χ1v) is 8.19. The second kappa shape index (κ2) is 5.92. The third-order valence-electron chi connectivity index (χ3n) is 4.70. The predicted octanol–water partition coefficient (Wildman–Crippen LogP) is 3.07. The van der Waals surface area contributed by atoms with Crippen molar-refractivity contribution in [1.29, 1.82) is 0 Å². The van der Waals surface area contributed by atoms with E-state index in [1.165, 1.54) is 5.57 Å². The Morgan fingerprint density at radius 2 is 2.27 bits per heavy atom. The minimum atomic E-state index is -0.258. The van der Waals surface area contributed by atoms with Gasteiger partial charge in [-0.05, 0) is 58.1 Å². The number of allylic oxidation sites excluding steroid dienone is 4. The molecule has 2 aliphatic heterocycles. The summed E-state index contributed by atoms with van der Waals surface area (Å²) in [5.74, 6) is 0.610. The van der Waals surface area contributed by atoms with Crippen molar-refractivity contribution in [3.05, 3.63) is 35.2 Å². The van der Waals surface area contributed by atoms with E-state index >= 15 is 0 Å². The van der Waals surface area contributed by atoms with Gasteiger partial charge in [0, 0.05) is 18.2 Å². The molecule has 1 fully saturated rings. The molecule has 0 aromatic rings. The minimum Gasteiger partial charge on any atom is -0.461 e. The van der Waals surface area contributed by atoms with Crippen molar-refractivity contribution in [2.75, 3.05) is 13.2 Å². The zero-order chi connectivity index (χ0) is 15.7. The van der Waals surface area contributed by atoms with Gasteiger partial charge in [-0.15, -0.1) is 0 Å². The maximum atomic E-state index is 11.8. The lowest BCUT2D eigenvalue weighted by Gasteiger charge is -2.37. The molecule has 1 N–H and O–H groups in total. The highest BCUT2D eigenvalue weighted by atomic mass is 16.5. The number of fused-ring (bicyclic) bond motifs is 1. The van der Waals surface area contributed by atoms with Gasteiger partial charge < -0.3 is 14.8 Å². The highest BCUT2D eigenvalue weighted by molar-refractivity contribution is 5.89. The lowest BCUT2D eigenvalue weighted by molar-refractivity contribution is -0.138. The van der Waals surface area contributed by atoms with Crippen LogP contribution in [0.2, 0.25) is 0 Å². The van der Waals surface area contributed by atoms with Crippen molar-refractivity contribution in [3.8, 4) is 0 Å². The first-order valence-electron chi connectivity index (χ1n) is 8.19. The normalized spacial score (nSPS) is 29.7. The first kappa shape index (κ1) is 15.3. The zero-order valence-corrected chi connectivity index (χ0v) is 13.6. The van der Waals surface area contributed by atoms with E-state index in [4.69, 9.17) is 9.47 Å². The summed E-state index contributed by atoms with van der Waals surface area (Å²) >= 11 is 0. The number of rotatable bonds is 3. The smallest absolute Gasteiger partial charge is 0.354 e. The fourth-order valence-corrected chi connectivity index (χ4v) is 3.61. The van der Waals surface area contributed by atoms with E-state index in [0.29, 0.717) is 18.2 Å². The largest absolute Gasteiger partial charge is 0.461 e. The van der Waals surface area contributed by atoms with Crippen LogP contribution in [0.15, 0.2) is 35.2 Å². The molecule has 3 aliphatic rings. The summed E-state index contributed by atoms with van der Waals surface area (Å²) in [5, 5.41) is 3.20. The summed E-state index contributed by atoms with van der Waals surface area (Å²) in [7, 11) is 0. The average Bonchev–Trinajstić information content (AvgIpc) is 2.89. The molecule has 0 aromatic heterocycles. The fraction of sp³-hybridized carbons (Fsp3) is 0.611. The summed E-state index contributed by atoms with van der Waals surface area (Å²) in [5.41, 5.74) is 3.14. The zero-order valence-electron chi connectivity index (χ0n) is 13.6. The quantitative estimate of drug-likeness (QED) is 0.814. The van der Waals surface area contributed by atoms with Crippen LogP contribution in [0.3, 0.4) is 0 Å². The Bertz CT molecular complexity index is 557. The van der Waals surface area contributed by atoms with Crippen LogP contribution in [0.25, 0.3) is 0 Å². The minimum absolute atomic E-state index is 0.0341. The average molecular weight is 303 g/mol. The van der Waals surface area contributed by atoms with Gasteiger partial charge in [-0.2, -0.15) is 0 Å². The van der Waals surface area contributed by atoms with Crippen LogP contribution in [0, 0.1) is 11.8 Å². The highest BCUT2D eigenvalue weighted by Gasteiger charge is 2.34. The molecule has 22 heavy (non-hydrogen) atoms. The monoisotopic (exact) mass is 303 g/mol. The lowest BCUT2D eigenvalue weighted by Crippen LogP contribution is -2.35. The molecular weight excluding hydrogens is 278 g/mol. The van der Waals surface area contributed by atoms with Crippen LogP contribution in [0.4, 0.5) is 0 Å². The van der Waals surface area contributed by atoms with Gasteiger partial charge in [0.25, 0.3) is 0 Å². The molecule has 3 rings (SSSR count). The van der Waals surface area contributed by atoms with Gasteiger partial charge in [0.15, 0.2) is 0 Å². The van der Waals surface area contributed by atoms with E-state index in [1.54, 1.807) is 0 Å². The molecule has 2 heterocycles. The highest BCUT2D eigenvalue weighted by Crippen LogP contribution is 2.40. The number of hydrogen-bond donors (Lipinski definition) is 1. The second-order valence-electron chi connectivity index (χ2n) is 6.90. The number of nitrogens with one attached hydrogen (secondary N) is 1. The molecule has 4 heteroatoms. The van der Waals surface area contributed by atoms with Crippen LogP contribution in [0.5, 0.6) is 0 Å². The Balaban J connectivity index is 1.69. The Kier molecular flexibility index (Phi) is 4.13. The number of ether oxygens (including phenoxy) is 2.